The highest BCUT2D eigenvalue weighted by molar-refractivity contribution is 5.84. The Balaban J connectivity index is 1.46. The summed E-state index contributed by atoms with van der Waals surface area (Å²) in [6, 6.07) is 5.81. The summed E-state index contributed by atoms with van der Waals surface area (Å²) >= 11 is 0. The number of aromatic nitrogens is 5. The Bertz CT molecular complexity index is 1160. The molecule has 1 fully saturated rings. The van der Waals surface area contributed by atoms with Gasteiger partial charge in [-0.05, 0) is 43.6 Å². The number of nitrogens with one attached hydrogen (secondary N) is 2. The largest absolute Gasteiger partial charge is 0.384 e. The van der Waals surface area contributed by atoms with Crippen LogP contribution in [0, 0.1) is 5.95 Å². The molecule has 5 rings (SSSR count). The van der Waals surface area contributed by atoms with Gasteiger partial charge in [0.05, 0.1) is 12.2 Å². The van der Waals surface area contributed by atoms with Gasteiger partial charge in [0, 0.05) is 47.1 Å². The van der Waals surface area contributed by atoms with E-state index in [0.29, 0.717) is 18.0 Å². The molecule has 0 aromatic carbocycles. The highest BCUT2D eigenvalue weighted by atomic mass is 19.1. The van der Waals surface area contributed by atoms with E-state index >= 15 is 0 Å². The fraction of sp³-hybridized carbons (Fsp3) is 0.286. The van der Waals surface area contributed by atoms with Crippen molar-refractivity contribution in [3.8, 4) is 11.1 Å². The number of piperidine rings is 1. The van der Waals surface area contributed by atoms with Crippen LogP contribution in [0.1, 0.15) is 30.0 Å². The van der Waals surface area contributed by atoms with Crippen LogP contribution in [-0.2, 0) is 6.42 Å². The molecule has 1 aliphatic rings. The molecule has 0 radical (unpaired) electrons. The Kier molecular flexibility index (Phi) is 4.48. The molecular formula is C21H22FN7. The number of hydrogen-bond acceptors (Lipinski definition) is 5. The summed E-state index contributed by atoms with van der Waals surface area (Å²) < 4.78 is 16.2. The Morgan fingerprint density at radius 1 is 1.14 bits per heavy atom. The molecule has 0 aliphatic carbocycles. The van der Waals surface area contributed by atoms with Crippen molar-refractivity contribution in [1.82, 2.24) is 30.0 Å². The number of nitrogens with zero attached hydrogens (tertiary/aromatic N) is 4. The quantitative estimate of drug-likeness (QED) is 0.465. The van der Waals surface area contributed by atoms with Crippen molar-refractivity contribution in [2.75, 3.05) is 18.8 Å². The highest BCUT2D eigenvalue weighted by Crippen LogP contribution is 2.28. The number of halogens is 1. The van der Waals surface area contributed by atoms with Crippen LogP contribution in [0.25, 0.3) is 22.2 Å². The van der Waals surface area contributed by atoms with Crippen molar-refractivity contribution in [2.24, 2.45) is 0 Å². The smallest absolute Gasteiger partial charge is 0.218 e. The van der Waals surface area contributed by atoms with Crippen LogP contribution in [0.3, 0.4) is 0 Å². The summed E-state index contributed by atoms with van der Waals surface area (Å²) in [6.45, 7) is 2.05. The average Bonchev–Trinajstić information content (AvgIpc) is 3.38. The fourth-order valence-electron chi connectivity index (χ4n) is 3.93. The molecule has 29 heavy (non-hydrogen) atoms. The van der Waals surface area contributed by atoms with Crippen molar-refractivity contribution in [2.45, 2.75) is 25.3 Å². The number of H-pyrrole nitrogens is 1. The van der Waals surface area contributed by atoms with Crippen LogP contribution in [0.15, 0.2) is 43.0 Å². The van der Waals surface area contributed by atoms with E-state index in [0.717, 1.165) is 53.7 Å². The van der Waals surface area contributed by atoms with E-state index in [9.17, 15) is 4.39 Å². The minimum atomic E-state index is -0.535. The molecule has 0 unspecified atom stereocenters. The molecule has 4 aromatic rings. The van der Waals surface area contributed by atoms with Gasteiger partial charge in [-0.2, -0.15) is 9.49 Å². The van der Waals surface area contributed by atoms with E-state index < -0.39 is 5.95 Å². The average molecular weight is 391 g/mol. The van der Waals surface area contributed by atoms with Crippen molar-refractivity contribution in [1.29, 1.82) is 0 Å². The number of rotatable bonds is 4. The topological polar surface area (TPSA) is 97.4 Å². The third kappa shape index (κ3) is 3.47. The van der Waals surface area contributed by atoms with Crippen LogP contribution in [0.4, 0.5) is 10.2 Å². The third-order valence-electron chi connectivity index (χ3n) is 5.56. The predicted octanol–water partition coefficient (Wildman–Crippen LogP) is 3.06. The fourth-order valence-corrected chi connectivity index (χ4v) is 3.93. The van der Waals surface area contributed by atoms with E-state index in [1.165, 1.54) is 0 Å². The van der Waals surface area contributed by atoms with Crippen molar-refractivity contribution < 1.29 is 4.39 Å². The van der Waals surface area contributed by atoms with Gasteiger partial charge < -0.3 is 16.0 Å². The van der Waals surface area contributed by atoms with Gasteiger partial charge in [0.1, 0.15) is 11.5 Å². The molecule has 0 atom stereocenters. The normalized spacial score (nSPS) is 15.2. The van der Waals surface area contributed by atoms with Crippen LogP contribution in [-0.4, -0.2) is 37.8 Å². The molecule has 5 heterocycles. The first kappa shape index (κ1) is 17.8. The first-order valence-electron chi connectivity index (χ1n) is 9.79. The molecule has 148 valence electrons. The monoisotopic (exact) mass is 391 g/mol. The van der Waals surface area contributed by atoms with Gasteiger partial charge in [-0.1, -0.05) is 6.07 Å². The molecule has 4 N–H and O–H groups in total. The number of nitrogen functional groups attached to an aromatic ring is 1. The van der Waals surface area contributed by atoms with Gasteiger partial charge in [0.2, 0.25) is 5.95 Å². The minimum Gasteiger partial charge on any atom is -0.384 e. The third-order valence-corrected chi connectivity index (χ3v) is 5.56. The molecule has 0 saturated carbocycles. The Labute approximate surface area is 167 Å². The van der Waals surface area contributed by atoms with Gasteiger partial charge >= 0.3 is 0 Å². The van der Waals surface area contributed by atoms with Crippen LogP contribution in [0.5, 0.6) is 0 Å². The predicted molar refractivity (Wildman–Crippen MR) is 110 cm³/mol. The molecule has 0 amide bonds. The summed E-state index contributed by atoms with van der Waals surface area (Å²) in [7, 11) is 0. The zero-order valence-electron chi connectivity index (χ0n) is 15.9. The summed E-state index contributed by atoms with van der Waals surface area (Å²) in [5.41, 5.74) is 9.82. The van der Waals surface area contributed by atoms with Crippen LogP contribution >= 0.6 is 0 Å². The minimum absolute atomic E-state index is 0.180. The lowest BCUT2D eigenvalue weighted by Crippen LogP contribution is -2.29. The highest BCUT2D eigenvalue weighted by Gasteiger charge is 2.17. The second-order valence-electron chi connectivity index (χ2n) is 7.49. The number of pyridine rings is 2. The van der Waals surface area contributed by atoms with E-state index in [1.807, 2.05) is 18.6 Å². The van der Waals surface area contributed by atoms with E-state index in [1.54, 1.807) is 12.1 Å². The number of nitrogens with two attached hydrogens (primary N) is 1. The molecule has 4 aromatic heterocycles. The molecule has 7 nitrogen and oxygen atoms in total. The molecule has 0 spiro atoms. The molecule has 1 aliphatic heterocycles. The maximum Gasteiger partial charge on any atom is 0.218 e. The van der Waals surface area contributed by atoms with Crippen LogP contribution in [0.2, 0.25) is 0 Å². The van der Waals surface area contributed by atoms with Crippen molar-refractivity contribution in [3.63, 3.8) is 0 Å². The van der Waals surface area contributed by atoms with Crippen LogP contribution < -0.4 is 11.1 Å². The number of hydrogen-bond donors (Lipinski definition) is 3. The Morgan fingerprint density at radius 2 is 2.00 bits per heavy atom. The van der Waals surface area contributed by atoms with Gasteiger partial charge in [0.15, 0.2) is 0 Å². The van der Waals surface area contributed by atoms with Gasteiger partial charge in [0.25, 0.3) is 0 Å². The number of anilines is 1. The first-order chi connectivity index (χ1) is 14.2. The maximum atomic E-state index is 14.1. The summed E-state index contributed by atoms with van der Waals surface area (Å²) in [4.78, 5) is 11.4. The van der Waals surface area contributed by atoms with Crippen molar-refractivity contribution >= 4 is 16.9 Å². The number of aromatic amines is 1. The zero-order chi connectivity index (χ0) is 19.8. The van der Waals surface area contributed by atoms with Gasteiger partial charge in [-0.15, -0.1) is 0 Å². The van der Waals surface area contributed by atoms with Gasteiger partial charge in [-0.25, -0.2) is 9.97 Å². The lowest BCUT2D eigenvalue weighted by Gasteiger charge is -2.22. The maximum absolute atomic E-state index is 14.1. The summed E-state index contributed by atoms with van der Waals surface area (Å²) in [5, 5.41) is 8.92. The standard InChI is InChI=1S/C21H22FN7/c22-20-13(1-2-19(23)28-20)7-15-10-26-21-18(15)8-14(9-25-21)16-11-27-29(12-16)17-3-5-24-6-4-17/h1-2,8-12,17,24H,3-7H2,(H2,23,28)(H,25,26). The molecule has 0 bridgehead atoms. The second-order valence-corrected chi connectivity index (χ2v) is 7.49. The zero-order valence-corrected chi connectivity index (χ0v) is 15.9. The van der Waals surface area contributed by atoms with E-state index in [4.69, 9.17) is 5.73 Å². The van der Waals surface area contributed by atoms with Gasteiger partial charge in [-0.3, -0.25) is 4.68 Å². The van der Waals surface area contributed by atoms with Crippen molar-refractivity contribution in [3.05, 3.63) is 60.1 Å². The van der Waals surface area contributed by atoms with E-state index in [2.05, 4.69) is 42.3 Å². The lowest BCUT2D eigenvalue weighted by molar-refractivity contribution is 0.343. The number of fused-ring (bicyclic) bond motifs is 1. The lowest BCUT2D eigenvalue weighted by atomic mass is 10.0. The summed E-state index contributed by atoms with van der Waals surface area (Å²) in [5.74, 6) is -0.355. The molecular weight excluding hydrogens is 369 g/mol. The molecule has 8 heteroatoms. The Hall–Kier alpha value is -3.26. The molecule has 1 saturated heterocycles. The second kappa shape index (κ2) is 7.29. The summed E-state index contributed by atoms with van der Waals surface area (Å²) in [6.07, 6.45) is 10.3. The first-order valence-corrected chi connectivity index (χ1v) is 9.79. The van der Waals surface area contributed by atoms with E-state index in [-0.39, 0.29) is 5.82 Å². The SMILES string of the molecule is Nc1ccc(Cc2c[nH]c3ncc(-c4cnn(C5CCNCC5)c4)cc23)c(F)n1. The Morgan fingerprint density at radius 3 is 2.83 bits per heavy atom.